The summed E-state index contributed by atoms with van der Waals surface area (Å²) in [7, 11) is 1.56. The van der Waals surface area contributed by atoms with Crippen molar-refractivity contribution in [2.45, 2.75) is 18.9 Å². The molecule has 0 radical (unpaired) electrons. The third-order valence-electron chi connectivity index (χ3n) is 4.10. The third kappa shape index (κ3) is 4.58. The molecule has 0 saturated carbocycles. The molecule has 7 heteroatoms. The van der Waals surface area contributed by atoms with Gasteiger partial charge < -0.3 is 20.1 Å². The molecule has 1 aromatic heterocycles. The second-order valence-corrected chi connectivity index (χ2v) is 5.99. The zero-order chi connectivity index (χ0) is 18.4. The molecule has 1 fully saturated rings. The number of nitrogens with zero attached hydrogens (tertiary/aromatic N) is 1. The minimum absolute atomic E-state index is 0.0615. The van der Waals surface area contributed by atoms with E-state index in [4.69, 9.17) is 9.47 Å². The zero-order valence-electron chi connectivity index (χ0n) is 14.5. The van der Waals surface area contributed by atoms with Gasteiger partial charge in [-0.25, -0.2) is 0 Å². The van der Waals surface area contributed by atoms with Crippen molar-refractivity contribution in [3.05, 3.63) is 53.9 Å². The number of benzene rings is 1. The molecule has 2 amide bonds. The van der Waals surface area contributed by atoms with Crippen molar-refractivity contribution in [2.75, 3.05) is 25.6 Å². The third-order valence-corrected chi connectivity index (χ3v) is 4.10. The van der Waals surface area contributed by atoms with E-state index in [1.165, 1.54) is 18.5 Å². The van der Waals surface area contributed by atoms with Crippen LogP contribution in [0.4, 0.5) is 5.69 Å². The second-order valence-electron chi connectivity index (χ2n) is 5.99. The first kappa shape index (κ1) is 17.9. The molecule has 2 aromatic rings. The SMILES string of the molecule is COc1cccc(NC(=O)c2cncc(C(=O)NCC3CCCO3)c2)c1. The number of hydrogen-bond acceptors (Lipinski definition) is 5. The number of pyridine rings is 1. The number of anilines is 1. The molecule has 1 aliphatic rings. The van der Waals surface area contributed by atoms with Crippen LogP contribution in [0.3, 0.4) is 0 Å². The molecular formula is C19H21N3O4. The fourth-order valence-corrected chi connectivity index (χ4v) is 2.71. The summed E-state index contributed by atoms with van der Waals surface area (Å²) in [5.74, 6) is 0.0201. The summed E-state index contributed by atoms with van der Waals surface area (Å²) in [4.78, 5) is 28.7. The molecule has 1 aliphatic heterocycles. The lowest BCUT2D eigenvalue weighted by molar-refractivity contribution is 0.0857. The van der Waals surface area contributed by atoms with Gasteiger partial charge in [-0.05, 0) is 31.0 Å². The molecule has 1 saturated heterocycles. The maximum absolute atomic E-state index is 12.4. The van der Waals surface area contributed by atoms with E-state index in [1.54, 1.807) is 31.4 Å². The van der Waals surface area contributed by atoms with Crippen LogP contribution in [0, 0.1) is 0 Å². The van der Waals surface area contributed by atoms with E-state index in [1.807, 2.05) is 0 Å². The van der Waals surface area contributed by atoms with Crippen LogP contribution in [0.15, 0.2) is 42.7 Å². The highest BCUT2D eigenvalue weighted by molar-refractivity contribution is 6.05. The van der Waals surface area contributed by atoms with Crippen LogP contribution in [-0.4, -0.2) is 43.2 Å². The van der Waals surface area contributed by atoms with Crippen molar-refractivity contribution >= 4 is 17.5 Å². The summed E-state index contributed by atoms with van der Waals surface area (Å²) in [5, 5.41) is 5.58. The molecule has 2 heterocycles. The van der Waals surface area contributed by atoms with E-state index < -0.39 is 0 Å². The summed E-state index contributed by atoms with van der Waals surface area (Å²) in [5.41, 5.74) is 1.24. The van der Waals surface area contributed by atoms with Gasteiger partial charge in [0, 0.05) is 37.3 Å². The average Bonchev–Trinajstić information content (AvgIpc) is 3.20. The van der Waals surface area contributed by atoms with Crippen molar-refractivity contribution in [1.29, 1.82) is 0 Å². The lowest BCUT2D eigenvalue weighted by atomic mass is 10.1. The molecule has 136 valence electrons. The maximum atomic E-state index is 12.4. The highest BCUT2D eigenvalue weighted by Crippen LogP contribution is 2.17. The number of nitrogens with one attached hydrogen (secondary N) is 2. The summed E-state index contributed by atoms with van der Waals surface area (Å²) >= 11 is 0. The summed E-state index contributed by atoms with van der Waals surface area (Å²) in [6.07, 6.45) is 4.88. The van der Waals surface area contributed by atoms with Crippen molar-refractivity contribution in [3.63, 3.8) is 0 Å². The van der Waals surface area contributed by atoms with E-state index in [9.17, 15) is 9.59 Å². The van der Waals surface area contributed by atoms with Gasteiger partial charge in [0.25, 0.3) is 11.8 Å². The summed E-state index contributed by atoms with van der Waals surface area (Å²) < 4.78 is 10.6. The van der Waals surface area contributed by atoms with Gasteiger partial charge in [-0.2, -0.15) is 0 Å². The fourth-order valence-electron chi connectivity index (χ4n) is 2.71. The Kier molecular flexibility index (Phi) is 5.80. The Bertz CT molecular complexity index is 788. The van der Waals surface area contributed by atoms with Gasteiger partial charge in [0.15, 0.2) is 0 Å². The molecule has 7 nitrogen and oxygen atoms in total. The predicted octanol–water partition coefficient (Wildman–Crippen LogP) is 2.25. The first-order valence-corrected chi connectivity index (χ1v) is 8.46. The average molecular weight is 355 g/mol. The molecule has 1 atom stereocenters. The summed E-state index contributed by atoms with van der Waals surface area (Å²) in [6.45, 7) is 1.20. The van der Waals surface area contributed by atoms with Gasteiger partial charge in [0.05, 0.1) is 24.3 Å². The Morgan fingerprint density at radius 3 is 2.77 bits per heavy atom. The number of hydrogen-bond donors (Lipinski definition) is 2. The van der Waals surface area contributed by atoms with Crippen LogP contribution in [-0.2, 0) is 4.74 Å². The van der Waals surface area contributed by atoms with E-state index in [0.29, 0.717) is 29.1 Å². The van der Waals surface area contributed by atoms with Crippen LogP contribution < -0.4 is 15.4 Å². The van der Waals surface area contributed by atoms with Crippen LogP contribution >= 0.6 is 0 Å². The first-order valence-electron chi connectivity index (χ1n) is 8.46. The highest BCUT2D eigenvalue weighted by Gasteiger charge is 2.17. The zero-order valence-corrected chi connectivity index (χ0v) is 14.5. The lowest BCUT2D eigenvalue weighted by Gasteiger charge is -2.11. The maximum Gasteiger partial charge on any atom is 0.257 e. The summed E-state index contributed by atoms with van der Waals surface area (Å²) in [6, 6.07) is 8.56. The normalized spacial score (nSPS) is 16.1. The molecule has 1 aromatic carbocycles. The van der Waals surface area contributed by atoms with Crippen molar-refractivity contribution in [1.82, 2.24) is 10.3 Å². The molecule has 1 unspecified atom stereocenters. The Hall–Kier alpha value is -2.93. The minimum atomic E-state index is -0.348. The predicted molar refractivity (Wildman–Crippen MR) is 96.5 cm³/mol. The number of carbonyl (C=O) groups is 2. The monoisotopic (exact) mass is 355 g/mol. The van der Waals surface area contributed by atoms with Crippen LogP contribution in [0.25, 0.3) is 0 Å². The van der Waals surface area contributed by atoms with Gasteiger partial charge in [-0.1, -0.05) is 6.07 Å². The number of rotatable bonds is 6. The van der Waals surface area contributed by atoms with Gasteiger partial charge in [0.2, 0.25) is 0 Å². The van der Waals surface area contributed by atoms with E-state index in [0.717, 1.165) is 19.4 Å². The van der Waals surface area contributed by atoms with Crippen molar-refractivity contribution < 1.29 is 19.1 Å². The number of ether oxygens (including phenoxy) is 2. The topological polar surface area (TPSA) is 89.5 Å². The highest BCUT2D eigenvalue weighted by atomic mass is 16.5. The Morgan fingerprint density at radius 1 is 1.23 bits per heavy atom. The molecule has 3 rings (SSSR count). The molecule has 2 N–H and O–H groups in total. The second kappa shape index (κ2) is 8.44. The molecular weight excluding hydrogens is 334 g/mol. The Labute approximate surface area is 151 Å². The number of aromatic nitrogens is 1. The number of carbonyl (C=O) groups excluding carboxylic acids is 2. The van der Waals surface area contributed by atoms with E-state index >= 15 is 0 Å². The molecule has 0 aliphatic carbocycles. The number of methoxy groups -OCH3 is 1. The van der Waals surface area contributed by atoms with Crippen LogP contribution in [0.5, 0.6) is 5.75 Å². The van der Waals surface area contributed by atoms with E-state index in [2.05, 4.69) is 15.6 Å². The fraction of sp³-hybridized carbons (Fsp3) is 0.316. The van der Waals surface area contributed by atoms with Crippen molar-refractivity contribution in [2.24, 2.45) is 0 Å². The van der Waals surface area contributed by atoms with Crippen LogP contribution in [0.2, 0.25) is 0 Å². The molecule has 0 bridgehead atoms. The van der Waals surface area contributed by atoms with Crippen molar-refractivity contribution in [3.8, 4) is 5.75 Å². The standard InChI is InChI=1S/C19H21N3O4/c1-25-16-5-2-4-15(9-16)22-19(24)14-8-13(10-20-11-14)18(23)21-12-17-6-3-7-26-17/h2,4-5,8-11,17H,3,6-7,12H2,1H3,(H,21,23)(H,22,24). The van der Waals surface area contributed by atoms with E-state index in [-0.39, 0.29) is 17.9 Å². The quantitative estimate of drug-likeness (QED) is 0.830. The molecule has 26 heavy (non-hydrogen) atoms. The van der Waals surface area contributed by atoms with Crippen LogP contribution in [0.1, 0.15) is 33.6 Å². The molecule has 0 spiro atoms. The van der Waals surface area contributed by atoms with Gasteiger partial charge >= 0.3 is 0 Å². The van der Waals surface area contributed by atoms with Gasteiger partial charge in [-0.15, -0.1) is 0 Å². The lowest BCUT2D eigenvalue weighted by Crippen LogP contribution is -2.32. The minimum Gasteiger partial charge on any atom is -0.497 e. The number of amides is 2. The Morgan fingerprint density at radius 2 is 2.04 bits per heavy atom. The smallest absolute Gasteiger partial charge is 0.257 e. The first-order chi connectivity index (χ1) is 12.7. The van der Waals surface area contributed by atoms with Gasteiger partial charge in [0.1, 0.15) is 5.75 Å². The van der Waals surface area contributed by atoms with Gasteiger partial charge in [-0.3, -0.25) is 14.6 Å². The Balaban J connectivity index is 1.63. The largest absolute Gasteiger partial charge is 0.497 e.